The van der Waals surface area contributed by atoms with E-state index in [9.17, 15) is 4.39 Å². The molecule has 5 aromatic rings. The first kappa shape index (κ1) is 23.9. The Labute approximate surface area is 213 Å². The number of fused-ring (bicyclic) bond motifs is 1. The molecule has 0 saturated heterocycles. The van der Waals surface area contributed by atoms with Crippen molar-refractivity contribution in [2.24, 2.45) is 0 Å². The third-order valence-corrected chi connectivity index (χ3v) is 7.23. The van der Waals surface area contributed by atoms with Gasteiger partial charge in [0, 0.05) is 17.4 Å². The maximum Gasteiger partial charge on any atom is 0.196 e. The standard InChI is InChI=1S/C29H26FN3O2S/c1-19(21-6-7-23-17-27(35-3)15-8-22(23)16-21)28-31-32-29(33(28)25-11-9-24(30)10-12-25)36-18-20-4-13-26(34-2)14-5-20/h4-17,19H,18H2,1-3H3/t19-/m0/s1. The lowest BCUT2D eigenvalue weighted by atomic mass is 9.97. The SMILES string of the molecule is COc1ccc(CSc2nnc([C@@H](C)c3ccc4cc(OC)ccc4c3)n2-c2ccc(F)cc2)cc1. The van der Waals surface area contributed by atoms with Gasteiger partial charge in [-0.2, -0.15) is 0 Å². The summed E-state index contributed by atoms with van der Waals surface area (Å²) < 4.78 is 26.4. The fraction of sp³-hybridized carbons (Fsp3) is 0.172. The molecule has 5 rings (SSSR count). The molecule has 0 bridgehead atoms. The van der Waals surface area contributed by atoms with Crippen molar-refractivity contribution in [3.8, 4) is 17.2 Å². The summed E-state index contributed by atoms with van der Waals surface area (Å²) in [7, 11) is 3.33. The van der Waals surface area contributed by atoms with Gasteiger partial charge in [0.05, 0.1) is 14.2 Å². The molecule has 0 unspecified atom stereocenters. The summed E-state index contributed by atoms with van der Waals surface area (Å²) in [6.45, 7) is 2.12. The summed E-state index contributed by atoms with van der Waals surface area (Å²) in [5, 5.41) is 12.1. The molecule has 1 heterocycles. The smallest absolute Gasteiger partial charge is 0.196 e. The van der Waals surface area contributed by atoms with Crippen LogP contribution in [-0.4, -0.2) is 29.0 Å². The van der Waals surface area contributed by atoms with Crippen LogP contribution in [-0.2, 0) is 5.75 Å². The number of rotatable bonds is 8. The van der Waals surface area contributed by atoms with Crippen molar-refractivity contribution < 1.29 is 13.9 Å². The summed E-state index contributed by atoms with van der Waals surface area (Å²) in [5.41, 5.74) is 3.09. The summed E-state index contributed by atoms with van der Waals surface area (Å²) in [5.74, 6) is 2.85. The van der Waals surface area contributed by atoms with E-state index >= 15 is 0 Å². The van der Waals surface area contributed by atoms with E-state index in [0.29, 0.717) is 0 Å². The number of hydrogen-bond donors (Lipinski definition) is 0. The third-order valence-electron chi connectivity index (χ3n) is 6.23. The van der Waals surface area contributed by atoms with Crippen LogP contribution < -0.4 is 9.47 Å². The molecule has 0 radical (unpaired) electrons. The summed E-state index contributed by atoms with van der Waals surface area (Å²) in [6, 6.07) is 26.9. The molecule has 0 N–H and O–H groups in total. The van der Waals surface area contributed by atoms with Gasteiger partial charge in [0.2, 0.25) is 0 Å². The van der Waals surface area contributed by atoms with Crippen LogP contribution in [0.4, 0.5) is 4.39 Å². The number of nitrogens with zero attached hydrogens (tertiary/aromatic N) is 3. The van der Waals surface area contributed by atoms with Gasteiger partial charge in [-0.05, 0) is 70.4 Å². The van der Waals surface area contributed by atoms with Crippen LogP contribution in [0.5, 0.6) is 11.5 Å². The first-order valence-electron chi connectivity index (χ1n) is 11.6. The Hall–Kier alpha value is -3.84. The first-order chi connectivity index (χ1) is 17.6. The van der Waals surface area contributed by atoms with Gasteiger partial charge in [-0.3, -0.25) is 4.57 Å². The van der Waals surface area contributed by atoms with Crippen LogP contribution in [0.2, 0.25) is 0 Å². The zero-order valence-electron chi connectivity index (χ0n) is 20.3. The Morgan fingerprint density at radius 3 is 2.19 bits per heavy atom. The molecule has 36 heavy (non-hydrogen) atoms. The summed E-state index contributed by atoms with van der Waals surface area (Å²) >= 11 is 1.59. The molecular formula is C29H26FN3O2S. The molecule has 4 aromatic carbocycles. The molecule has 0 spiro atoms. The summed E-state index contributed by atoms with van der Waals surface area (Å²) in [6.07, 6.45) is 0. The van der Waals surface area contributed by atoms with Gasteiger partial charge in [-0.1, -0.05) is 55.1 Å². The number of halogens is 1. The minimum atomic E-state index is -0.279. The maximum atomic E-state index is 13.7. The molecule has 0 fully saturated rings. The van der Waals surface area contributed by atoms with Gasteiger partial charge in [0.25, 0.3) is 0 Å². The van der Waals surface area contributed by atoms with Crippen molar-refractivity contribution in [2.45, 2.75) is 23.8 Å². The molecule has 182 valence electrons. The fourth-order valence-electron chi connectivity index (χ4n) is 4.15. The number of ether oxygens (including phenoxy) is 2. The van der Waals surface area contributed by atoms with E-state index in [0.717, 1.165) is 55.8 Å². The molecule has 1 aromatic heterocycles. The highest BCUT2D eigenvalue weighted by atomic mass is 32.2. The monoisotopic (exact) mass is 499 g/mol. The van der Waals surface area contributed by atoms with E-state index < -0.39 is 0 Å². The topological polar surface area (TPSA) is 49.2 Å². The van der Waals surface area contributed by atoms with Crippen molar-refractivity contribution >= 4 is 22.5 Å². The highest BCUT2D eigenvalue weighted by molar-refractivity contribution is 7.98. The number of thioether (sulfide) groups is 1. The van der Waals surface area contributed by atoms with Gasteiger partial charge in [-0.25, -0.2) is 4.39 Å². The molecule has 7 heteroatoms. The van der Waals surface area contributed by atoms with E-state index in [-0.39, 0.29) is 11.7 Å². The van der Waals surface area contributed by atoms with Crippen molar-refractivity contribution in [1.29, 1.82) is 0 Å². The lowest BCUT2D eigenvalue weighted by molar-refractivity contribution is 0.414. The molecule has 5 nitrogen and oxygen atoms in total. The van der Waals surface area contributed by atoms with Crippen molar-refractivity contribution in [2.75, 3.05) is 14.2 Å². The molecule has 0 amide bonds. The largest absolute Gasteiger partial charge is 0.497 e. The molecule has 0 saturated carbocycles. The van der Waals surface area contributed by atoms with Gasteiger partial charge in [0.15, 0.2) is 5.16 Å². The Kier molecular flexibility index (Phi) is 6.91. The van der Waals surface area contributed by atoms with E-state index in [1.807, 2.05) is 41.0 Å². The maximum absolute atomic E-state index is 13.7. The average Bonchev–Trinajstić information content (AvgIpc) is 3.35. The van der Waals surface area contributed by atoms with E-state index in [2.05, 4.69) is 41.4 Å². The summed E-state index contributed by atoms with van der Waals surface area (Å²) in [4.78, 5) is 0. The Morgan fingerprint density at radius 1 is 0.806 bits per heavy atom. The Bertz CT molecular complexity index is 1480. The normalized spacial score (nSPS) is 12.0. The molecule has 0 aliphatic carbocycles. The van der Waals surface area contributed by atoms with Crippen molar-refractivity contribution in [1.82, 2.24) is 14.8 Å². The predicted molar refractivity (Wildman–Crippen MR) is 142 cm³/mol. The lowest BCUT2D eigenvalue weighted by Crippen LogP contribution is -2.08. The molecule has 0 aliphatic rings. The van der Waals surface area contributed by atoms with Crippen LogP contribution >= 0.6 is 11.8 Å². The van der Waals surface area contributed by atoms with E-state index in [1.54, 1.807) is 38.1 Å². The number of methoxy groups -OCH3 is 2. The van der Waals surface area contributed by atoms with Gasteiger partial charge >= 0.3 is 0 Å². The quantitative estimate of drug-likeness (QED) is 0.215. The number of hydrogen-bond acceptors (Lipinski definition) is 5. The molecular weight excluding hydrogens is 473 g/mol. The number of aromatic nitrogens is 3. The third kappa shape index (κ3) is 4.93. The van der Waals surface area contributed by atoms with Crippen molar-refractivity contribution in [3.05, 3.63) is 108 Å². The Morgan fingerprint density at radius 2 is 1.47 bits per heavy atom. The van der Waals surface area contributed by atoms with Gasteiger partial charge < -0.3 is 9.47 Å². The molecule has 0 aliphatic heterocycles. The number of benzene rings is 4. The second-order valence-electron chi connectivity index (χ2n) is 8.48. The van der Waals surface area contributed by atoms with Crippen LogP contribution in [0.3, 0.4) is 0 Å². The van der Waals surface area contributed by atoms with Crippen molar-refractivity contribution in [3.63, 3.8) is 0 Å². The van der Waals surface area contributed by atoms with E-state index in [4.69, 9.17) is 9.47 Å². The highest BCUT2D eigenvalue weighted by Gasteiger charge is 2.21. The predicted octanol–water partition coefficient (Wildman–Crippen LogP) is 7.02. The lowest BCUT2D eigenvalue weighted by Gasteiger charge is -2.16. The second kappa shape index (κ2) is 10.4. The van der Waals surface area contributed by atoms with E-state index in [1.165, 1.54) is 12.1 Å². The van der Waals surface area contributed by atoms with Gasteiger partial charge in [-0.15, -0.1) is 10.2 Å². The average molecular weight is 500 g/mol. The minimum Gasteiger partial charge on any atom is -0.497 e. The first-order valence-corrected chi connectivity index (χ1v) is 12.6. The Balaban J connectivity index is 1.49. The second-order valence-corrected chi connectivity index (χ2v) is 9.43. The minimum absolute atomic E-state index is 0.0376. The molecule has 1 atom stereocenters. The highest BCUT2D eigenvalue weighted by Crippen LogP contribution is 2.33. The fourth-order valence-corrected chi connectivity index (χ4v) is 5.06. The zero-order chi connectivity index (χ0) is 25.1. The van der Waals surface area contributed by atoms with Gasteiger partial charge in [0.1, 0.15) is 23.1 Å². The van der Waals surface area contributed by atoms with Crippen LogP contribution in [0, 0.1) is 5.82 Å². The van der Waals surface area contributed by atoms with Crippen LogP contribution in [0.25, 0.3) is 16.5 Å². The zero-order valence-corrected chi connectivity index (χ0v) is 21.1. The van der Waals surface area contributed by atoms with Crippen LogP contribution in [0.1, 0.15) is 29.8 Å². The van der Waals surface area contributed by atoms with Crippen LogP contribution in [0.15, 0.2) is 90.1 Å².